The molecule has 0 bridgehead atoms. The standard InChI is InChI=1S/C73H122O8/c1-13-15-17-19-21-23-25-27-29-31-33-35-37-39-51-67(75)81-65-57-69(9,10)73(79,71(12,77)59-65)55-53-63(6)49-43-47-61(4)45-41-40-44-60(3)46-42-48-62(5)52-54-72(78)68(7,8)56-64(58-70(72,11)76)80-66(74)50-38-36-34-32-30-28-26-24-22-20-18-16-14-2/h40-49,52-55,64-65,76-79H,13-39,50-51,56-59H2,1-12H3/b41-40+,46-42+,47-43+,54-52+,55-53+,60-44+,61-45+,62-48+,63-49+/t64-,65-,70+,71+,72+,73+/m0/s1. The number of carbonyl (C=O) groups excluding carboxylic acids is 2. The van der Waals surface area contributed by atoms with Gasteiger partial charge in [0.15, 0.2) is 0 Å². The van der Waals surface area contributed by atoms with Crippen molar-refractivity contribution in [1.29, 1.82) is 0 Å². The van der Waals surface area contributed by atoms with Gasteiger partial charge in [-0.1, -0.05) is 297 Å². The van der Waals surface area contributed by atoms with Gasteiger partial charge in [0.2, 0.25) is 0 Å². The second kappa shape index (κ2) is 39.1. The molecule has 2 aliphatic carbocycles. The summed E-state index contributed by atoms with van der Waals surface area (Å²) in [5.41, 5.74) is -3.59. The van der Waals surface area contributed by atoms with Gasteiger partial charge >= 0.3 is 11.9 Å². The van der Waals surface area contributed by atoms with E-state index in [-0.39, 0.29) is 24.8 Å². The highest BCUT2D eigenvalue weighted by atomic mass is 16.5. The van der Waals surface area contributed by atoms with Crippen molar-refractivity contribution in [3.63, 3.8) is 0 Å². The molecule has 4 N–H and O–H groups in total. The number of unbranched alkanes of at least 4 members (excludes halogenated alkanes) is 25. The van der Waals surface area contributed by atoms with Crippen LogP contribution in [0.25, 0.3) is 0 Å². The highest BCUT2D eigenvalue weighted by molar-refractivity contribution is 5.70. The Bertz CT molecular complexity index is 2030. The molecule has 0 aromatic heterocycles. The van der Waals surface area contributed by atoms with E-state index >= 15 is 0 Å². The average Bonchev–Trinajstić information content (AvgIpc) is 3.24. The van der Waals surface area contributed by atoms with Crippen LogP contribution in [0.2, 0.25) is 0 Å². The number of allylic oxidation sites excluding steroid dienone is 16. The minimum absolute atomic E-state index is 0.168. The van der Waals surface area contributed by atoms with Crippen LogP contribution in [-0.2, 0) is 19.1 Å². The highest BCUT2D eigenvalue weighted by Crippen LogP contribution is 2.52. The van der Waals surface area contributed by atoms with Gasteiger partial charge in [0.25, 0.3) is 0 Å². The lowest BCUT2D eigenvalue weighted by Gasteiger charge is -2.55. The molecule has 2 fully saturated rings. The summed E-state index contributed by atoms with van der Waals surface area (Å²) < 4.78 is 11.8. The van der Waals surface area contributed by atoms with E-state index in [1.807, 2.05) is 128 Å². The summed E-state index contributed by atoms with van der Waals surface area (Å²) in [7, 11) is 0. The molecule has 0 aromatic rings. The van der Waals surface area contributed by atoms with Gasteiger partial charge in [-0.25, -0.2) is 0 Å². The summed E-state index contributed by atoms with van der Waals surface area (Å²) in [4.78, 5) is 25.7. The van der Waals surface area contributed by atoms with Gasteiger partial charge in [-0.3, -0.25) is 9.59 Å². The van der Waals surface area contributed by atoms with Crippen molar-refractivity contribution in [1.82, 2.24) is 0 Å². The van der Waals surface area contributed by atoms with E-state index in [4.69, 9.17) is 9.47 Å². The highest BCUT2D eigenvalue weighted by Gasteiger charge is 2.60. The Kier molecular flexibility index (Phi) is 35.5. The fourth-order valence-electron chi connectivity index (χ4n) is 12.3. The first-order valence-electron chi connectivity index (χ1n) is 32.7. The molecule has 0 amide bonds. The maximum Gasteiger partial charge on any atom is 0.306 e. The normalized spacial score (nSPS) is 25.8. The summed E-state index contributed by atoms with van der Waals surface area (Å²) in [5.74, 6) is -0.433. The summed E-state index contributed by atoms with van der Waals surface area (Å²) in [6.07, 6.45) is 62.2. The van der Waals surface area contributed by atoms with Crippen LogP contribution in [0.1, 0.15) is 295 Å². The third kappa shape index (κ3) is 28.3. The van der Waals surface area contributed by atoms with Gasteiger partial charge in [0, 0.05) is 36.5 Å². The van der Waals surface area contributed by atoms with E-state index in [9.17, 15) is 30.0 Å². The number of rotatable bonds is 41. The molecule has 8 heteroatoms. The van der Waals surface area contributed by atoms with Crippen molar-refractivity contribution in [3.05, 3.63) is 107 Å². The van der Waals surface area contributed by atoms with Gasteiger partial charge in [0.05, 0.1) is 11.2 Å². The zero-order valence-corrected chi connectivity index (χ0v) is 54.0. The van der Waals surface area contributed by atoms with Crippen LogP contribution in [0.3, 0.4) is 0 Å². The van der Waals surface area contributed by atoms with Gasteiger partial charge in [0.1, 0.15) is 23.4 Å². The zero-order chi connectivity index (χ0) is 60.3. The maximum atomic E-state index is 12.9. The molecule has 0 radical (unpaired) electrons. The number of hydrogen-bond donors (Lipinski definition) is 4. The molecule has 0 saturated heterocycles. The van der Waals surface area contributed by atoms with Crippen LogP contribution in [0.15, 0.2) is 107 Å². The van der Waals surface area contributed by atoms with Crippen LogP contribution >= 0.6 is 0 Å². The van der Waals surface area contributed by atoms with E-state index in [0.717, 1.165) is 60.8 Å². The third-order valence-electron chi connectivity index (χ3n) is 17.7. The second-order valence-corrected chi connectivity index (χ2v) is 26.6. The van der Waals surface area contributed by atoms with Gasteiger partial charge in [-0.15, -0.1) is 0 Å². The molecule has 0 heterocycles. The first-order valence-corrected chi connectivity index (χ1v) is 32.7. The smallest absolute Gasteiger partial charge is 0.306 e. The molecule has 81 heavy (non-hydrogen) atoms. The first kappa shape index (κ1) is 73.5. The summed E-state index contributed by atoms with van der Waals surface area (Å²) >= 11 is 0. The fourth-order valence-corrected chi connectivity index (χ4v) is 12.3. The first-order chi connectivity index (χ1) is 38.3. The molecule has 6 atom stereocenters. The number of ether oxygens (including phenoxy) is 2. The van der Waals surface area contributed by atoms with Crippen LogP contribution in [0, 0.1) is 10.8 Å². The lowest BCUT2D eigenvalue weighted by atomic mass is 9.57. The molecule has 0 spiro atoms. The van der Waals surface area contributed by atoms with Crippen LogP contribution in [-0.4, -0.2) is 67.0 Å². The molecule has 0 aliphatic heterocycles. The molecular weight excluding hydrogens is 1000 g/mol. The second-order valence-electron chi connectivity index (χ2n) is 26.6. The Morgan fingerprint density at radius 3 is 0.889 bits per heavy atom. The van der Waals surface area contributed by atoms with Crippen molar-refractivity contribution in [2.24, 2.45) is 10.8 Å². The van der Waals surface area contributed by atoms with Crippen LogP contribution < -0.4 is 0 Å². The molecule has 0 aromatic carbocycles. The van der Waals surface area contributed by atoms with Crippen molar-refractivity contribution in [2.45, 2.75) is 330 Å². The molecule has 2 saturated carbocycles. The van der Waals surface area contributed by atoms with Crippen molar-refractivity contribution >= 4 is 11.9 Å². The van der Waals surface area contributed by atoms with Crippen LogP contribution in [0.5, 0.6) is 0 Å². The molecule has 462 valence electrons. The average molecular weight is 1130 g/mol. The Labute approximate surface area is 497 Å². The number of esters is 2. The lowest BCUT2D eigenvalue weighted by molar-refractivity contribution is -0.223. The minimum Gasteiger partial charge on any atom is -0.462 e. The summed E-state index contributed by atoms with van der Waals surface area (Å²) in [6.45, 7) is 23.5. The molecule has 2 rings (SSSR count). The van der Waals surface area contributed by atoms with E-state index in [1.54, 1.807) is 26.0 Å². The lowest BCUT2D eigenvalue weighted by Crippen LogP contribution is -2.65. The molecule has 2 aliphatic rings. The summed E-state index contributed by atoms with van der Waals surface area (Å²) in [6, 6.07) is 0. The molecular formula is C73H122O8. The fraction of sp³-hybridized carbons (Fsp3) is 0.726. The van der Waals surface area contributed by atoms with Crippen LogP contribution in [0.4, 0.5) is 0 Å². The van der Waals surface area contributed by atoms with Gasteiger partial charge in [-0.2, -0.15) is 0 Å². The monoisotopic (exact) mass is 1130 g/mol. The Hall–Kier alpha value is -3.56. The molecule has 8 nitrogen and oxygen atoms in total. The minimum atomic E-state index is -1.53. The third-order valence-corrected chi connectivity index (χ3v) is 17.7. The van der Waals surface area contributed by atoms with E-state index in [1.165, 1.54) is 135 Å². The maximum absolute atomic E-state index is 12.9. The largest absolute Gasteiger partial charge is 0.462 e. The predicted octanol–water partition coefficient (Wildman–Crippen LogP) is 19.3. The van der Waals surface area contributed by atoms with Crippen molar-refractivity contribution in [3.8, 4) is 0 Å². The van der Waals surface area contributed by atoms with Crippen molar-refractivity contribution < 1.29 is 39.5 Å². The number of aliphatic hydroxyl groups is 4. The number of hydrogen-bond acceptors (Lipinski definition) is 8. The predicted molar refractivity (Wildman–Crippen MR) is 343 cm³/mol. The Morgan fingerprint density at radius 1 is 0.370 bits per heavy atom. The summed E-state index contributed by atoms with van der Waals surface area (Å²) in [5, 5.41) is 47.4. The molecule has 0 unspecified atom stereocenters. The topological polar surface area (TPSA) is 134 Å². The Morgan fingerprint density at radius 2 is 0.617 bits per heavy atom. The van der Waals surface area contributed by atoms with Gasteiger partial charge in [-0.05, 0) is 79.4 Å². The number of carbonyl (C=O) groups is 2. The Balaban J connectivity index is 1.79. The zero-order valence-electron chi connectivity index (χ0n) is 54.0. The SMILES string of the molecule is CCCCCCCCCCCCCCCCC(=O)O[C@H]1CC(C)(C)[C@](O)(/C=C/C(C)=C/C=C/C(C)=C/C=C/C=C(C)/C=C/C=C(C)/C=C/[C@@]2(O)C(C)(C)C[C@H](OC(=O)CCCCCCCCCCCCCCC)C[C@@]2(C)O)[C@](C)(O)C1. The van der Waals surface area contributed by atoms with Crippen molar-refractivity contribution in [2.75, 3.05) is 0 Å². The van der Waals surface area contributed by atoms with Gasteiger partial charge < -0.3 is 29.9 Å². The van der Waals surface area contributed by atoms with E-state index < -0.39 is 45.4 Å². The quantitative estimate of drug-likeness (QED) is 0.0270. The van der Waals surface area contributed by atoms with E-state index in [0.29, 0.717) is 25.7 Å². The van der Waals surface area contributed by atoms with E-state index in [2.05, 4.69) is 13.8 Å².